The maximum Gasteiger partial charge on any atom is 0.223 e. The average molecular weight is 232 g/mol. The molecule has 0 spiro atoms. The molecule has 0 radical (unpaired) electrons. The highest BCUT2D eigenvalue weighted by Crippen LogP contribution is 2.10. The molecule has 1 aliphatic rings. The molecular weight excluding hydrogens is 212 g/mol. The smallest absolute Gasteiger partial charge is 0.223 e. The summed E-state index contributed by atoms with van der Waals surface area (Å²) in [5, 5.41) is 6.14. The summed E-state index contributed by atoms with van der Waals surface area (Å²) < 4.78 is 10.8. The van der Waals surface area contributed by atoms with Crippen molar-refractivity contribution in [3.8, 4) is 0 Å². The van der Waals surface area contributed by atoms with Crippen LogP contribution in [0.4, 0.5) is 0 Å². The highest BCUT2D eigenvalue weighted by atomic mass is 32.2. The highest BCUT2D eigenvalue weighted by molar-refractivity contribution is 7.84. The molecule has 1 rings (SSSR count). The van der Waals surface area contributed by atoms with Crippen molar-refractivity contribution in [3.05, 3.63) is 0 Å². The molecule has 0 saturated carbocycles. The van der Waals surface area contributed by atoms with Crippen LogP contribution in [0.1, 0.15) is 19.3 Å². The second-order valence-corrected chi connectivity index (χ2v) is 5.50. The van der Waals surface area contributed by atoms with Gasteiger partial charge in [-0.2, -0.15) is 0 Å². The Kier molecular flexibility index (Phi) is 5.86. The van der Waals surface area contributed by atoms with E-state index in [1.165, 1.54) is 0 Å². The zero-order valence-electron chi connectivity index (χ0n) is 9.25. The molecule has 0 bridgehead atoms. The predicted molar refractivity (Wildman–Crippen MR) is 62.2 cm³/mol. The third-order valence-electron chi connectivity index (χ3n) is 2.62. The highest BCUT2D eigenvalue weighted by Gasteiger charge is 2.19. The third kappa shape index (κ3) is 5.28. The number of rotatable bonds is 5. The Labute approximate surface area is 93.7 Å². The van der Waals surface area contributed by atoms with E-state index in [1.54, 1.807) is 6.26 Å². The second-order valence-electron chi connectivity index (χ2n) is 3.95. The fourth-order valence-electron chi connectivity index (χ4n) is 1.72. The Morgan fingerprint density at radius 2 is 2.13 bits per heavy atom. The minimum Gasteiger partial charge on any atom is -0.356 e. The molecule has 1 atom stereocenters. The molecule has 1 aliphatic heterocycles. The number of amides is 1. The predicted octanol–water partition coefficient (Wildman–Crippen LogP) is -0.129. The maximum absolute atomic E-state index is 11.6. The van der Waals surface area contributed by atoms with Gasteiger partial charge in [0.2, 0.25) is 5.91 Å². The zero-order valence-corrected chi connectivity index (χ0v) is 10.1. The lowest BCUT2D eigenvalue weighted by atomic mass is 9.97. The van der Waals surface area contributed by atoms with Crippen molar-refractivity contribution in [2.24, 2.45) is 5.92 Å². The van der Waals surface area contributed by atoms with Crippen molar-refractivity contribution in [2.45, 2.75) is 19.3 Å². The quantitative estimate of drug-likeness (QED) is 0.649. The van der Waals surface area contributed by atoms with Crippen LogP contribution in [0.3, 0.4) is 0 Å². The Hall–Kier alpha value is -0.420. The van der Waals surface area contributed by atoms with E-state index in [2.05, 4.69) is 10.6 Å². The molecule has 4 nitrogen and oxygen atoms in total. The minimum atomic E-state index is -0.746. The Morgan fingerprint density at radius 1 is 1.47 bits per heavy atom. The van der Waals surface area contributed by atoms with Gasteiger partial charge in [0.05, 0.1) is 0 Å². The molecule has 2 N–H and O–H groups in total. The van der Waals surface area contributed by atoms with Crippen molar-refractivity contribution in [2.75, 3.05) is 31.6 Å². The van der Waals surface area contributed by atoms with E-state index in [1.807, 2.05) is 0 Å². The third-order valence-corrected chi connectivity index (χ3v) is 3.48. The molecule has 1 amide bonds. The lowest BCUT2D eigenvalue weighted by Gasteiger charge is -2.21. The summed E-state index contributed by atoms with van der Waals surface area (Å²) in [6.45, 7) is 2.54. The lowest BCUT2D eigenvalue weighted by Crippen LogP contribution is -2.38. The molecule has 1 unspecified atom stereocenters. The van der Waals surface area contributed by atoms with Crippen molar-refractivity contribution in [1.29, 1.82) is 0 Å². The second kappa shape index (κ2) is 6.95. The summed E-state index contributed by atoms with van der Waals surface area (Å²) in [6, 6.07) is 0. The van der Waals surface area contributed by atoms with E-state index >= 15 is 0 Å². The first-order valence-electron chi connectivity index (χ1n) is 5.48. The van der Waals surface area contributed by atoms with Gasteiger partial charge in [-0.25, -0.2) is 0 Å². The number of carbonyl (C=O) groups is 1. The molecule has 1 heterocycles. The standard InChI is InChI=1S/C10H20N2O2S/c1-15(14)8-2-5-12-10(13)9-3-6-11-7-4-9/h9,11H,2-8H2,1H3,(H,12,13). The largest absolute Gasteiger partial charge is 0.356 e. The van der Waals surface area contributed by atoms with Gasteiger partial charge < -0.3 is 10.6 Å². The Morgan fingerprint density at radius 3 is 2.73 bits per heavy atom. The fourth-order valence-corrected chi connectivity index (χ4v) is 2.27. The van der Waals surface area contributed by atoms with Crippen LogP contribution in [-0.4, -0.2) is 41.8 Å². The van der Waals surface area contributed by atoms with Crippen LogP contribution in [0, 0.1) is 5.92 Å². The Balaban J connectivity index is 2.09. The summed E-state index contributed by atoms with van der Waals surface area (Å²) in [5.41, 5.74) is 0. The molecule has 0 aromatic carbocycles. The number of nitrogens with one attached hydrogen (secondary N) is 2. The molecule has 1 fully saturated rings. The molecule has 1 saturated heterocycles. The van der Waals surface area contributed by atoms with Gasteiger partial charge in [-0.3, -0.25) is 9.00 Å². The molecule has 88 valence electrons. The normalized spacial score (nSPS) is 19.8. The molecule has 0 aliphatic carbocycles. The van der Waals surface area contributed by atoms with Gasteiger partial charge in [0, 0.05) is 35.3 Å². The van der Waals surface area contributed by atoms with Gasteiger partial charge in [0.1, 0.15) is 0 Å². The van der Waals surface area contributed by atoms with E-state index in [-0.39, 0.29) is 11.8 Å². The SMILES string of the molecule is CS(=O)CCCNC(=O)C1CCNCC1. The first-order chi connectivity index (χ1) is 7.20. The topological polar surface area (TPSA) is 58.2 Å². The first-order valence-corrected chi connectivity index (χ1v) is 7.21. The molecular formula is C10H20N2O2S. The van der Waals surface area contributed by atoms with E-state index < -0.39 is 10.8 Å². The average Bonchev–Trinajstić information content (AvgIpc) is 2.25. The van der Waals surface area contributed by atoms with Crippen molar-refractivity contribution >= 4 is 16.7 Å². The molecule has 5 heteroatoms. The summed E-state index contributed by atoms with van der Waals surface area (Å²) >= 11 is 0. The summed E-state index contributed by atoms with van der Waals surface area (Å²) in [4.78, 5) is 11.6. The van der Waals surface area contributed by atoms with Gasteiger partial charge in [-0.1, -0.05) is 0 Å². The van der Waals surface area contributed by atoms with Crippen LogP contribution in [-0.2, 0) is 15.6 Å². The van der Waals surface area contributed by atoms with Gasteiger partial charge in [0.15, 0.2) is 0 Å². The Bertz CT molecular complexity index is 227. The monoisotopic (exact) mass is 232 g/mol. The molecule has 0 aromatic rings. The van der Waals surface area contributed by atoms with Gasteiger partial charge in [0.25, 0.3) is 0 Å². The number of hydrogen-bond donors (Lipinski definition) is 2. The summed E-state index contributed by atoms with van der Waals surface area (Å²) in [6.07, 6.45) is 4.37. The van der Waals surface area contributed by atoms with Crippen molar-refractivity contribution in [1.82, 2.24) is 10.6 Å². The van der Waals surface area contributed by atoms with Crippen LogP contribution in [0.25, 0.3) is 0 Å². The summed E-state index contributed by atoms with van der Waals surface area (Å²) in [5.74, 6) is 1.02. The fraction of sp³-hybridized carbons (Fsp3) is 0.900. The maximum atomic E-state index is 11.6. The van der Waals surface area contributed by atoms with Crippen molar-refractivity contribution < 1.29 is 9.00 Å². The van der Waals surface area contributed by atoms with Crippen LogP contribution in [0.15, 0.2) is 0 Å². The molecule has 0 aromatic heterocycles. The van der Waals surface area contributed by atoms with Crippen LogP contribution in [0.2, 0.25) is 0 Å². The van der Waals surface area contributed by atoms with E-state index in [0.29, 0.717) is 12.3 Å². The van der Waals surface area contributed by atoms with Crippen LogP contribution >= 0.6 is 0 Å². The lowest BCUT2D eigenvalue weighted by molar-refractivity contribution is -0.125. The van der Waals surface area contributed by atoms with Crippen LogP contribution in [0.5, 0.6) is 0 Å². The number of piperidine rings is 1. The zero-order chi connectivity index (χ0) is 11.1. The van der Waals surface area contributed by atoms with Crippen LogP contribution < -0.4 is 10.6 Å². The van der Waals surface area contributed by atoms with E-state index in [4.69, 9.17) is 0 Å². The van der Waals surface area contributed by atoms with E-state index in [0.717, 1.165) is 32.4 Å². The number of carbonyl (C=O) groups excluding carboxylic acids is 1. The minimum absolute atomic E-state index is 0.165. The number of hydrogen-bond acceptors (Lipinski definition) is 3. The van der Waals surface area contributed by atoms with Gasteiger partial charge >= 0.3 is 0 Å². The summed E-state index contributed by atoms with van der Waals surface area (Å²) in [7, 11) is -0.746. The first kappa shape index (κ1) is 12.6. The van der Waals surface area contributed by atoms with Gasteiger partial charge in [-0.15, -0.1) is 0 Å². The van der Waals surface area contributed by atoms with Crippen molar-refractivity contribution in [3.63, 3.8) is 0 Å². The van der Waals surface area contributed by atoms with E-state index in [9.17, 15) is 9.00 Å². The van der Waals surface area contributed by atoms with Gasteiger partial charge in [-0.05, 0) is 32.4 Å². The molecule has 15 heavy (non-hydrogen) atoms.